The first-order valence-electron chi connectivity index (χ1n) is 5.63. The Kier molecular flexibility index (Phi) is 3.62. The first-order valence-corrected chi connectivity index (χ1v) is 5.63. The highest BCUT2D eigenvalue weighted by Gasteiger charge is 2.05. The zero-order valence-electron chi connectivity index (χ0n) is 10.2. The van der Waals surface area contributed by atoms with Crippen molar-refractivity contribution in [3.05, 3.63) is 47.7 Å². The molecule has 5 heteroatoms. The quantitative estimate of drug-likeness (QED) is 0.829. The van der Waals surface area contributed by atoms with E-state index in [1.807, 2.05) is 31.2 Å². The van der Waals surface area contributed by atoms with Gasteiger partial charge in [0.1, 0.15) is 19.0 Å². The van der Waals surface area contributed by atoms with Crippen LogP contribution in [0.2, 0.25) is 0 Å². The number of aryl methyl sites for hydroxylation is 1. The molecule has 0 spiro atoms. The van der Waals surface area contributed by atoms with Gasteiger partial charge in [-0.15, -0.1) is 0 Å². The van der Waals surface area contributed by atoms with Crippen LogP contribution in [0.1, 0.15) is 11.1 Å². The number of anilines is 1. The van der Waals surface area contributed by atoms with Gasteiger partial charge in [-0.2, -0.15) is 5.10 Å². The molecule has 0 unspecified atom stereocenters. The highest BCUT2D eigenvalue weighted by Crippen LogP contribution is 2.05. The fourth-order valence-corrected chi connectivity index (χ4v) is 1.61. The molecule has 0 saturated heterocycles. The number of nitrogens with zero attached hydrogens (tertiary/aromatic N) is 2. The summed E-state index contributed by atoms with van der Waals surface area (Å²) in [6, 6.07) is 9.48. The van der Waals surface area contributed by atoms with E-state index in [4.69, 9.17) is 10.5 Å². The number of aromatic nitrogens is 2. The van der Waals surface area contributed by atoms with Crippen LogP contribution in [-0.2, 0) is 22.7 Å². The molecule has 5 nitrogen and oxygen atoms in total. The van der Waals surface area contributed by atoms with Crippen LogP contribution in [0.25, 0.3) is 0 Å². The lowest BCUT2D eigenvalue weighted by atomic mass is 10.1. The molecule has 1 aromatic heterocycles. The van der Waals surface area contributed by atoms with Crippen molar-refractivity contribution in [1.29, 1.82) is 0 Å². The molecule has 0 aliphatic heterocycles. The summed E-state index contributed by atoms with van der Waals surface area (Å²) >= 11 is 0. The number of benzene rings is 1. The average molecular weight is 245 g/mol. The number of hydrogen-bond acceptors (Lipinski definition) is 4. The van der Waals surface area contributed by atoms with E-state index in [9.17, 15) is 4.79 Å². The van der Waals surface area contributed by atoms with Crippen molar-refractivity contribution < 1.29 is 9.53 Å². The third-order valence-electron chi connectivity index (χ3n) is 2.43. The summed E-state index contributed by atoms with van der Waals surface area (Å²) < 4.78 is 6.61. The lowest BCUT2D eigenvalue weighted by Crippen LogP contribution is -2.14. The number of nitrogens with two attached hydrogens (primary N) is 1. The molecule has 1 aromatic carbocycles. The minimum Gasteiger partial charge on any atom is -0.459 e. The van der Waals surface area contributed by atoms with E-state index in [2.05, 4.69) is 5.10 Å². The standard InChI is InChI=1S/C13H15N3O2/c1-10-3-2-4-11(7-10)9-18-13(17)8-16-6-5-12(14)15-16/h2-7H,8-9H2,1H3,(H2,14,15). The maximum Gasteiger partial charge on any atom is 0.328 e. The van der Waals surface area contributed by atoms with Gasteiger partial charge in [-0.05, 0) is 18.6 Å². The van der Waals surface area contributed by atoms with E-state index in [-0.39, 0.29) is 19.1 Å². The third-order valence-corrected chi connectivity index (χ3v) is 2.43. The largest absolute Gasteiger partial charge is 0.459 e. The maximum absolute atomic E-state index is 11.6. The molecule has 0 saturated carbocycles. The number of rotatable bonds is 4. The summed E-state index contributed by atoms with van der Waals surface area (Å²) in [5.41, 5.74) is 7.57. The van der Waals surface area contributed by atoms with Crippen molar-refractivity contribution in [2.75, 3.05) is 5.73 Å². The van der Waals surface area contributed by atoms with Gasteiger partial charge in [0, 0.05) is 6.20 Å². The Morgan fingerprint density at radius 1 is 1.44 bits per heavy atom. The highest BCUT2D eigenvalue weighted by molar-refractivity contribution is 5.69. The molecule has 2 N–H and O–H groups in total. The fraction of sp³-hybridized carbons (Fsp3) is 0.231. The van der Waals surface area contributed by atoms with Crippen LogP contribution >= 0.6 is 0 Å². The van der Waals surface area contributed by atoms with Gasteiger partial charge in [0.05, 0.1) is 0 Å². The second-order valence-electron chi connectivity index (χ2n) is 4.09. The SMILES string of the molecule is Cc1cccc(COC(=O)Cn2ccc(N)n2)c1. The molecule has 2 aromatic rings. The minimum atomic E-state index is -0.334. The molecule has 0 bridgehead atoms. The van der Waals surface area contributed by atoms with Gasteiger partial charge in [0.15, 0.2) is 0 Å². The normalized spacial score (nSPS) is 10.3. The van der Waals surface area contributed by atoms with Crippen LogP contribution < -0.4 is 5.73 Å². The van der Waals surface area contributed by atoms with Gasteiger partial charge >= 0.3 is 5.97 Å². The Bertz CT molecular complexity index is 549. The predicted molar refractivity (Wildman–Crippen MR) is 67.6 cm³/mol. The van der Waals surface area contributed by atoms with Crippen LogP contribution in [0.3, 0.4) is 0 Å². The highest BCUT2D eigenvalue weighted by atomic mass is 16.5. The molecule has 0 aliphatic carbocycles. The number of nitrogen functional groups attached to an aromatic ring is 1. The van der Waals surface area contributed by atoms with Crippen LogP contribution in [0.4, 0.5) is 5.82 Å². The van der Waals surface area contributed by atoms with Crippen molar-refractivity contribution in [3.8, 4) is 0 Å². The van der Waals surface area contributed by atoms with Gasteiger partial charge in [-0.1, -0.05) is 29.8 Å². The van der Waals surface area contributed by atoms with Crippen molar-refractivity contribution in [2.45, 2.75) is 20.1 Å². The Labute approximate surface area is 105 Å². The minimum absolute atomic E-state index is 0.0724. The topological polar surface area (TPSA) is 70.1 Å². The molecule has 2 rings (SSSR count). The van der Waals surface area contributed by atoms with Crippen LogP contribution in [-0.4, -0.2) is 15.7 Å². The summed E-state index contributed by atoms with van der Waals surface area (Å²) in [6.45, 7) is 2.35. The molecule has 0 amide bonds. The Morgan fingerprint density at radius 2 is 2.28 bits per heavy atom. The third kappa shape index (κ3) is 3.35. The van der Waals surface area contributed by atoms with Gasteiger partial charge in [-0.25, -0.2) is 0 Å². The summed E-state index contributed by atoms with van der Waals surface area (Å²) in [4.78, 5) is 11.6. The monoisotopic (exact) mass is 245 g/mol. The van der Waals surface area contributed by atoms with Gasteiger partial charge < -0.3 is 10.5 Å². The van der Waals surface area contributed by atoms with Crippen molar-refractivity contribution in [3.63, 3.8) is 0 Å². The average Bonchev–Trinajstić information content (AvgIpc) is 2.72. The number of carbonyl (C=O) groups is 1. The van der Waals surface area contributed by atoms with Crippen molar-refractivity contribution in [1.82, 2.24) is 9.78 Å². The Morgan fingerprint density at radius 3 is 2.94 bits per heavy atom. The summed E-state index contributed by atoms with van der Waals surface area (Å²) in [5.74, 6) is 0.0566. The van der Waals surface area contributed by atoms with Gasteiger partial charge in [0.25, 0.3) is 0 Å². The molecule has 0 aliphatic rings. The molecule has 0 radical (unpaired) electrons. The second-order valence-corrected chi connectivity index (χ2v) is 4.09. The molecule has 0 fully saturated rings. The number of hydrogen-bond donors (Lipinski definition) is 1. The number of ether oxygens (including phenoxy) is 1. The van der Waals surface area contributed by atoms with Gasteiger partial charge in [-0.3, -0.25) is 9.48 Å². The van der Waals surface area contributed by atoms with E-state index in [0.29, 0.717) is 5.82 Å². The summed E-state index contributed by atoms with van der Waals surface area (Å²) in [6.07, 6.45) is 1.64. The molecular weight excluding hydrogens is 230 g/mol. The first kappa shape index (κ1) is 12.2. The van der Waals surface area contributed by atoms with E-state index < -0.39 is 0 Å². The van der Waals surface area contributed by atoms with Crippen LogP contribution in [0.5, 0.6) is 0 Å². The molecule has 18 heavy (non-hydrogen) atoms. The molecule has 0 atom stereocenters. The Hall–Kier alpha value is -2.30. The summed E-state index contributed by atoms with van der Waals surface area (Å²) in [5, 5.41) is 3.91. The Balaban J connectivity index is 1.85. The molecular formula is C13H15N3O2. The van der Waals surface area contributed by atoms with Gasteiger partial charge in [0.2, 0.25) is 0 Å². The zero-order chi connectivity index (χ0) is 13.0. The molecule has 1 heterocycles. The smallest absolute Gasteiger partial charge is 0.328 e. The summed E-state index contributed by atoms with van der Waals surface area (Å²) in [7, 11) is 0. The van der Waals surface area contributed by atoms with Crippen LogP contribution in [0.15, 0.2) is 36.5 Å². The van der Waals surface area contributed by atoms with Crippen molar-refractivity contribution >= 4 is 11.8 Å². The zero-order valence-corrected chi connectivity index (χ0v) is 10.2. The van der Waals surface area contributed by atoms with E-state index in [1.165, 1.54) is 4.68 Å². The molecule has 94 valence electrons. The lowest BCUT2D eigenvalue weighted by Gasteiger charge is -2.05. The predicted octanol–water partition coefficient (Wildman–Crippen LogP) is 1.52. The number of esters is 1. The van der Waals surface area contributed by atoms with E-state index >= 15 is 0 Å². The van der Waals surface area contributed by atoms with E-state index in [1.54, 1.807) is 12.3 Å². The van der Waals surface area contributed by atoms with Crippen LogP contribution in [0, 0.1) is 6.92 Å². The second kappa shape index (κ2) is 5.35. The number of carbonyl (C=O) groups excluding carboxylic acids is 1. The maximum atomic E-state index is 11.6. The van der Waals surface area contributed by atoms with Crippen molar-refractivity contribution in [2.24, 2.45) is 0 Å². The lowest BCUT2D eigenvalue weighted by molar-refractivity contribution is -0.145. The first-order chi connectivity index (χ1) is 8.63. The fourth-order valence-electron chi connectivity index (χ4n) is 1.61. The van der Waals surface area contributed by atoms with E-state index in [0.717, 1.165) is 11.1 Å².